The lowest BCUT2D eigenvalue weighted by Crippen LogP contribution is -2.11. The standard InChI is InChI=1S/C53H44N2/c1-36-31-52(54(44-17-9-5-10-18-44)45-19-11-6-12-20-45)38(3)29-48(36)42-27-25-40-33-41-26-28-43(35-51(41)50(40)34-42)49-30-39(4)53(32-37(49)2)55(46-21-13-7-14-22-46)47-23-15-8-16-24-47/h5-32,34-35H,33H2,1-4H3. The maximum atomic E-state index is 2.43. The van der Waals surface area contributed by atoms with Crippen molar-refractivity contribution < 1.29 is 0 Å². The largest absolute Gasteiger partial charge is 0.310 e. The van der Waals surface area contributed by atoms with E-state index in [0.717, 1.165) is 29.2 Å². The molecule has 0 aromatic heterocycles. The fourth-order valence-electron chi connectivity index (χ4n) is 8.37. The summed E-state index contributed by atoms with van der Waals surface area (Å²) in [6.07, 6.45) is 0.964. The quantitative estimate of drug-likeness (QED) is 0.155. The fraction of sp³-hybridized carbons (Fsp3) is 0.0943. The smallest absolute Gasteiger partial charge is 0.0493 e. The molecule has 2 heteroatoms. The first-order chi connectivity index (χ1) is 26.9. The molecule has 0 aliphatic heterocycles. The van der Waals surface area contributed by atoms with Gasteiger partial charge >= 0.3 is 0 Å². The molecule has 0 N–H and O–H groups in total. The van der Waals surface area contributed by atoms with E-state index < -0.39 is 0 Å². The summed E-state index contributed by atoms with van der Waals surface area (Å²) in [5.41, 5.74) is 22.5. The third-order valence-electron chi connectivity index (χ3n) is 11.1. The minimum atomic E-state index is 0.964. The molecule has 8 aromatic rings. The highest BCUT2D eigenvalue weighted by Crippen LogP contribution is 2.45. The van der Waals surface area contributed by atoms with Crippen LogP contribution in [0.1, 0.15) is 33.4 Å². The van der Waals surface area contributed by atoms with Gasteiger partial charge in [0.15, 0.2) is 0 Å². The fourth-order valence-corrected chi connectivity index (χ4v) is 8.37. The number of anilines is 6. The van der Waals surface area contributed by atoms with E-state index in [0.29, 0.717) is 0 Å². The van der Waals surface area contributed by atoms with Gasteiger partial charge in [0, 0.05) is 34.1 Å². The van der Waals surface area contributed by atoms with Crippen LogP contribution in [0, 0.1) is 27.7 Å². The average Bonchev–Trinajstić information content (AvgIpc) is 3.59. The Kier molecular flexibility index (Phi) is 8.88. The zero-order valence-electron chi connectivity index (χ0n) is 31.9. The van der Waals surface area contributed by atoms with Crippen LogP contribution in [0.4, 0.5) is 34.1 Å². The van der Waals surface area contributed by atoms with Crippen molar-refractivity contribution >= 4 is 34.1 Å². The molecule has 0 spiro atoms. The summed E-state index contributed by atoms with van der Waals surface area (Å²) < 4.78 is 0. The van der Waals surface area contributed by atoms with Gasteiger partial charge in [-0.1, -0.05) is 97.1 Å². The molecule has 1 aliphatic carbocycles. The zero-order valence-corrected chi connectivity index (χ0v) is 31.9. The summed E-state index contributed by atoms with van der Waals surface area (Å²) in [5, 5.41) is 0. The Hall–Kier alpha value is -6.64. The average molecular weight is 709 g/mol. The van der Waals surface area contributed by atoms with Gasteiger partial charge in [-0.3, -0.25) is 0 Å². The van der Waals surface area contributed by atoms with Gasteiger partial charge in [-0.05, 0) is 186 Å². The summed E-state index contributed by atoms with van der Waals surface area (Å²) in [4.78, 5) is 4.73. The van der Waals surface area contributed by atoms with Crippen LogP contribution in [-0.2, 0) is 6.42 Å². The lowest BCUT2D eigenvalue weighted by atomic mass is 9.92. The normalized spacial score (nSPS) is 11.6. The first kappa shape index (κ1) is 34.1. The highest BCUT2D eigenvalue weighted by Gasteiger charge is 2.23. The van der Waals surface area contributed by atoms with Crippen LogP contribution in [0.15, 0.2) is 182 Å². The first-order valence-corrected chi connectivity index (χ1v) is 19.2. The van der Waals surface area contributed by atoms with Crippen molar-refractivity contribution in [2.45, 2.75) is 34.1 Å². The predicted octanol–water partition coefficient (Wildman–Crippen LogP) is 14.8. The Balaban J connectivity index is 1.07. The van der Waals surface area contributed by atoms with Crippen LogP contribution in [0.2, 0.25) is 0 Å². The van der Waals surface area contributed by atoms with Gasteiger partial charge in [0.1, 0.15) is 0 Å². The summed E-state index contributed by atoms with van der Waals surface area (Å²) >= 11 is 0. The number of nitrogens with zero attached hydrogens (tertiary/aromatic N) is 2. The summed E-state index contributed by atoms with van der Waals surface area (Å²) in [7, 11) is 0. The second-order valence-electron chi connectivity index (χ2n) is 14.8. The van der Waals surface area contributed by atoms with E-state index in [9.17, 15) is 0 Å². The van der Waals surface area contributed by atoms with Crippen molar-refractivity contribution in [3.63, 3.8) is 0 Å². The van der Waals surface area contributed by atoms with E-state index in [2.05, 4.69) is 219 Å². The molecule has 0 heterocycles. The molecule has 0 radical (unpaired) electrons. The number of aryl methyl sites for hydroxylation is 4. The molecule has 0 atom stereocenters. The van der Waals surface area contributed by atoms with Crippen molar-refractivity contribution in [2.75, 3.05) is 9.80 Å². The lowest BCUT2D eigenvalue weighted by Gasteiger charge is -2.28. The molecule has 55 heavy (non-hydrogen) atoms. The Morgan fingerprint density at radius 3 is 0.964 bits per heavy atom. The number of para-hydroxylation sites is 4. The third kappa shape index (κ3) is 6.40. The molecule has 0 saturated heterocycles. The highest BCUT2D eigenvalue weighted by molar-refractivity contribution is 5.88. The minimum absolute atomic E-state index is 0.964. The first-order valence-electron chi connectivity index (χ1n) is 19.2. The van der Waals surface area contributed by atoms with Gasteiger partial charge in [-0.15, -0.1) is 0 Å². The van der Waals surface area contributed by atoms with E-state index in [1.165, 1.54) is 78.1 Å². The Morgan fingerprint density at radius 1 is 0.309 bits per heavy atom. The van der Waals surface area contributed by atoms with Gasteiger partial charge in [0.25, 0.3) is 0 Å². The molecule has 1 aliphatic rings. The van der Waals surface area contributed by atoms with Crippen molar-refractivity contribution in [1.29, 1.82) is 0 Å². The van der Waals surface area contributed by atoms with Crippen LogP contribution in [0.25, 0.3) is 33.4 Å². The molecule has 0 fully saturated rings. The molecule has 2 nitrogen and oxygen atoms in total. The molecule has 266 valence electrons. The molecular weight excluding hydrogens is 665 g/mol. The van der Waals surface area contributed by atoms with Gasteiger partial charge in [0.2, 0.25) is 0 Å². The Labute approximate surface area is 325 Å². The lowest BCUT2D eigenvalue weighted by molar-refractivity contribution is 1.23. The minimum Gasteiger partial charge on any atom is -0.310 e. The van der Waals surface area contributed by atoms with Crippen LogP contribution >= 0.6 is 0 Å². The van der Waals surface area contributed by atoms with E-state index >= 15 is 0 Å². The topological polar surface area (TPSA) is 6.48 Å². The maximum absolute atomic E-state index is 2.43. The van der Waals surface area contributed by atoms with Crippen molar-refractivity contribution in [3.05, 3.63) is 215 Å². The van der Waals surface area contributed by atoms with Gasteiger partial charge in [-0.25, -0.2) is 0 Å². The van der Waals surface area contributed by atoms with Crippen molar-refractivity contribution in [3.8, 4) is 33.4 Å². The van der Waals surface area contributed by atoms with E-state index in [1.54, 1.807) is 0 Å². The molecule has 0 amide bonds. The second-order valence-corrected chi connectivity index (χ2v) is 14.8. The van der Waals surface area contributed by atoms with Gasteiger partial charge < -0.3 is 9.80 Å². The highest BCUT2D eigenvalue weighted by atomic mass is 15.1. The SMILES string of the molecule is Cc1cc(N(c2ccccc2)c2ccccc2)c(C)cc1-c1ccc2c(c1)-c1cc(-c3cc(C)c(N(c4ccccc4)c4ccccc4)cc3C)ccc1C2. The summed E-state index contributed by atoms with van der Waals surface area (Å²) in [5.74, 6) is 0. The van der Waals surface area contributed by atoms with E-state index in [4.69, 9.17) is 0 Å². The van der Waals surface area contributed by atoms with Crippen molar-refractivity contribution in [1.82, 2.24) is 0 Å². The van der Waals surface area contributed by atoms with Gasteiger partial charge in [0.05, 0.1) is 0 Å². The van der Waals surface area contributed by atoms with Crippen LogP contribution in [0.5, 0.6) is 0 Å². The molecule has 0 bridgehead atoms. The molecule has 0 saturated carbocycles. The van der Waals surface area contributed by atoms with Crippen molar-refractivity contribution in [2.24, 2.45) is 0 Å². The number of hydrogen-bond donors (Lipinski definition) is 0. The second kappa shape index (κ2) is 14.3. The van der Waals surface area contributed by atoms with Crippen LogP contribution in [-0.4, -0.2) is 0 Å². The number of hydrogen-bond acceptors (Lipinski definition) is 2. The maximum Gasteiger partial charge on any atom is 0.0493 e. The molecular formula is C53H44N2. The molecule has 9 rings (SSSR count). The zero-order chi connectivity index (χ0) is 37.5. The number of rotatable bonds is 8. The number of benzene rings is 8. The molecule has 8 aromatic carbocycles. The Morgan fingerprint density at radius 2 is 0.636 bits per heavy atom. The van der Waals surface area contributed by atoms with Crippen LogP contribution in [0.3, 0.4) is 0 Å². The number of fused-ring (bicyclic) bond motifs is 3. The predicted molar refractivity (Wildman–Crippen MR) is 234 cm³/mol. The van der Waals surface area contributed by atoms with Crippen LogP contribution < -0.4 is 9.80 Å². The van der Waals surface area contributed by atoms with E-state index in [1.807, 2.05) is 0 Å². The molecule has 0 unspecified atom stereocenters. The summed E-state index contributed by atoms with van der Waals surface area (Å²) in [6, 6.07) is 66.3. The Bertz CT molecular complexity index is 2380. The monoisotopic (exact) mass is 708 g/mol. The van der Waals surface area contributed by atoms with E-state index in [-0.39, 0.29) is 0 Å². The third-order valence-corrected chi connectivity index (χ3v) is 11.1. The summed E-state index contributed by atoms with van der Waals surface area (Å²) in [6.45, 7) is 8.97. The van der Waals surface area contributed by atoms with Gasteiger partial charge in [-0.2, -0.15) is 0 Å².